The van der Waals surface area contributed by atoms with Crippen LogP contribution in [-0.4, -0.2) is 71.6 Å². The summed E-state index contributed by atoms with van der Waals surface area (Å²) in [6.45, 7) is 9.14. The number of likely N-dealkylation sites (tertiary alicyclic amines) is 1. The van der Waals surface area contributed by atoms with Crippen molar-refractivity contribution in [3.8, 4) is 17.3 Å². The van der Waals surface area contributed by atoms with Gasteiger partial charge in [0, 0.05) is 31.3 Å². The smallest absolute Gasteiger partial charge is 0.409 e. The maximum atomic E-state index is 13.4. The zero-order chi connectivity index (χ0) is 23.4. The van der Waals surface area contributed by atoms with E-state index in [0.29, 0.717) is 49.3 Å². The zero-order valence-electron chi connectivity index (χ0n) is 19.5. The molecule has 0 aliphatic carbocycles. The fraction of sp³-hybridized carbons (Fsp3) is 0.545. The second kappa shape index (κ2) is 9.99. The topological polar surface area (TPSA) is 108 Å². The van der Waals surface area contributed by atoms with Gasteiger partial charge in [0.05, 0.1) is 44.3 Å². The molecule has 0 saturated carbocycles. The van der Waals surface area contributed by atoms with E-state index in [1.807, 2.05) is 26.8 Å². The van der Waals surface area contributed by atoms with Crippen LogP contribution in [0.15, 0.2) is 16.9 Å². The molecule has 3 heterocycles. The molecule has 1 amide bonds. The highest BCUT2D eigenvalue weighted by Crippen LogP contribution is 2.25. The number of nitrogens with zero attached hydrogens (tertiary/aromatic N) is 4. The minimum atomic E-state index is -0.419. The first-order chi connectivity index (χ1) is 15.3. The zero-order valence-corrected chi connectivity index (χ0v) is 19.5. The van der Waals surface area contributed by atoms with Gasteiger partial charge in [-0.25, -0.2) is 14.8 Å². The number of nitrogens with one attached hydrogen (secondary N) is 1. The Labute approximate surface area is 187 Å². The van der Waals surface area contributed by atoms with E-state index >= 15 is 0 Å². The predicted molar refractivity (Wildman–Crippen MR) is 120 cm³/mol. The first kappa shape index (κ1) is 23.5. The molecule has 1 aliphatic rings. The fourth-order valence-electron chi connectivity index (χ4n) is 3.97. The summed E-state index contributed by atoms with van der Waals surface area (Å²) < 4.78 is 17.5. The number of carbonyl (C=O) groups excluding carboxylic acids is 1. The molecule has 10 nitrogen and oxygen atoms in total. The lowest BCUT2D eigenvalue weighted by molar-refractivity contribution is 0.0614. The van der Waals surface area contributed by atoms with Crippen LogP contribution in [0.1, 0.15) is 25.2 Å². The van der Waals surface area contributed by atoms with E-state index in [1.165, 1.54) is 7.11 Å². The summed E-state index contributed by atoms with van der Waals surface area (Å²) >= 11 is 0. The lowest BCUT2D eigenvalue weighted by Gasteiger charge is -2.22. The van der Waals surface area contributed by atoms with Crippen LogP contribution in [0.4, 0.5) is 10.5 Å². The van der Waals surface area contributed by atoms with E-state index in [-0.39, 0.29) is 17.7 Å². The van der Waals surface area contributed by atoms with Gasteiger partial charge >= 0.3 is 6.09 Å². The molecule has 3 rings (SSSR count). The van der Waals surface area contributed by atoms with Gasteiger partial charge in [-0.2, -0.15) is 0 Å². The summed E-state index contributed by atoms with van der Waals surface area (Å²) in [4.78, 5) is 36.2. The maximum Gasteiger partial charge on any atom is 0.409 e. The van der Waals surface area contributed by atoms with Gasteiger partial charge in [0.1, 0.15) is 11.5 Å². The normalized spacial score (nSPS) is 18.0. The van der Waals surface area contributed by atoms with Crippen LogP contribution in [0.3, 0.4) is 0 Å². The summed E-state index contributed by atoms with van der Waals surface area (Å²) in [6, 6.07) is 3.35. The monoisotopic (exact) mass is 445 g/mol. The summed E-state index contributed by atoms with van der Waals surface area (Å²) in [7, 11) is 2.91. The van der Waals surface area contributed by atoms with Gasteiger partial charge in [-0.3, -0.25) is 9.36 Å². The van der Waals surface area contributed by atoms with Crippen molar-refractivity contribution in [3.05, 3.63) is 33.9 Å². The van der Waals surface area contributed by atoms with Crippen molar-refractivity contribution in [2.24, 2.45) is 0 Å². The van der Waals surface area contributed by atoms with Crippen molar-refractivity contribution < 1.29 is 19.0 Å². The molecule has 10 heteroatoms. The lowest BCUT2D eigenvalue weighted by atomic mass is 10.1. The molecule has 1 fully saturated rings. The molecule has 32 heavy (non-hydrogen) atoms. The number of ether oxygens (including phenoxy) is 3. The molecule has 0 bridgehead atoms. The van der Waals surface area contributed by atoms with Crippen LogP contribution in [0.2, 0.25) is 0 Å². The van der Waals surface area contributed by atoms with Gasteiger partial charge in [-0.15, -0.1) is 0 Å². The molecular weight excluding hydrogens is 414 g/mol. The predicted octanol–water partition coefficient (Wildman–Crippen LogP) is 2.22. The highest BCUT2D eigenvalue weighted by Gasteiger charge is 2.37. The number of aromatic nitrogens is 3. The molecule has 1 aliphatic heterocycles. The number of pyridine rings is 1. The summed E-state index contributed by atoms with van der Waals surface area (Å²) in [5, 5.41) is 3.30. The third-order valence-corrected chi connectivity index (χ3v) is 5.59. The van der Waals surface area contributed by atoms with Crippen LogP contribution in [0, 0.1) is 13.8 Å². The Balaban J connectivity index is 1.98. The minimum Gasteiger partial charge on any atom is -0.481 e. The van der Waals surface area contributed by atoms with Crippen LogP contribution >= 0.6 is 0 Å². The Morgan fingerprint density at radius 2 is 1.91 bits per heavy atom. The van der Waals surface area contributed by atoms with Crippen LogP contribution in [-0.2, 0) is 16.0 Å². The second-order valence-corrected chi connectivity index (χ2v) is 7.55. The number of amides is 1. The maximum absolute atomic E-state index is 13.4. The quantitative estimate of drug-likeness (QED) is 0.691. The number of anilines is 1. The molecule has 0 spiro atoms. The van der Waals surface area contributed by atoms with E-state index in [4.69, 9.17) is 19.2 Å². The minimum absolute atomic E-state index is 0.183. The Bertz CT molecular complexity index is 1040. The highest BCUT2D eigenvalue weighted by atomic mass is 16.5. The summed E-state index contributed by atoms with van der Waals surface area (Å²) in [6.07, 6.45) is -0.682. The first-order valence-corrected chi connectivity index (χ1v) is 10.7. The number of hydrogen-bond donors (Lipinski definition) is 1. The third kappa shape index (κ3) is 4.55. The van der Waals surface area contributed by atoms with E-state index in [0.717, 1.165) is 11.3 Å². The second-order valence-electron chi connectivity index (χ2n) is 7.55. The summed E-state index contributed by atoms with van der Waals surface area (Å²) in [5.41, 5.74) is 2.27. The number of hydrogen-bond acceptors (Lipinski definition) is 8. The average Bonchev–Trinajstić information content (AvgIpc) is 3.18. The average molecular weight is 446 g/mol. The third-order valence-electron chi connectivity index (χ3n) is 5.59. The molecular formula is C22H31N5O5. The van der Waals surface area contributed by atoms with Gasteiger partial charge in [0.25, 0.3) is 5.56 Å². The van der Waals surface area contributed by atoms with Crippen molar-refractivity contribution >= 4 is 11.8 Å². The van der Waals surface area contributed by atoms with Crippen molar-refractivity contribution in [1.29, 1.82) is 0 Å². The molecule has 2 aromatic heterocycles. The standard InChI is InChI=1S/C22H31N5O5/c1-7-27-20(15-9-10-18(30-5)23-13(15)3)24-14(4)19(21(27)28)25-16-11-26(22(29)31-6)12-17(16)32-8-2/h9-10,16-17,25H,7-8,11-12H2,1-6H3/t16?,17-/m0/s1. The molecule has 2 atom stereocenters. The number of carbonyl (C=O) groups is 1. The van der Waals surface area contributed by atoms with Crippen molar-refractivity contribution in [1.82, 2.24) is 19.4 Å². The lowest BCUT2D eigenvalue weighted by Crippen LogP contribution is -2.38. The van der Waals surface area contributed by atoms with Gasteiger partial charge in [0.15, 0.2) is 0 Å². The number of aryl methyl sites for hydroxylation is 2. The largest absolute Gasteiger partial charge is 0.481 e. The molecule has 0 aromatic carbocycles. The molecule has 174 valence electrons. The van der Waals surface area contributed by atoms with Gasteiger partial charge in [-0.1, -0.05) is 0 Å². The van der Waals surface area contributed by atoms with E-state index in [1.54, 1.807) is 29.6 Å². The molecule has 1 unspecified atom stereocenters. The Kier molecular flexibility index (Phi) is 7.34. The highest BCUT2D eigenvalue weighted by molar-refractivity contribution is 5.68. The summed E-state index contributed by atoms with van der Waals surface area (Å²) in [5.74, 6) is 1.06. The van der Waals surface area contributed by atoms with Gasteiger partial charge in [0.2, 0.25) is 5.88 Å². The van der Waals surface area contributed by atoms with Crippen LogP contribution in [0.25, 0.3) is 11.4 Å². The number of methoxy groups -OCH3 is 2. The Morgan fingerprint density at radius 1 is 1.16 bits per heavy atom. The van der Waals surface area contributed by atoms with E-state index in [2.05, 4.69) is 10.3 Å². The Hall–Kier alpha value is -3.14. The van der Waals surface area contributed by atoms with Crippen molar-refractivity contribution in [3.63, 3.8) is 0 Å². The van der Waals surface area contributed by atoms with Gasteiger partial charge in [-0.05, 0) is 33.8 Å². The molecule has 1 saturated heterocycles. The molecule has 1 N–H and O–H groups in total. The van der Waals surface area contributed by atoms with Crippen LogP contribution < -0.4 is 15.6 Å². The van der Waals surface area contributed by atoms with Gasteiger partial charge < -0.3 is 24.4 Å². The van der Waals surface area contributed by atoms with E-state index < -0.39 is 6.09 Å². The van der Waals surface area contributed by atoms with Crippen molar-refractivity contribution in [2.45, 2.75) is 46.4 Å². The first-order valence-electron chi connectivity index (χ1n) is 10.7. The van der Waals surface area contributed by atoms with E-state index in [9.17, 15) is 9.59 Å². The number of rotatable bonds is 7. The Morgan fingerprint density at radius 3 is 2.50 bits per heavy atom. The molecule has 0 radical (unpaired) electrons. The van der Waals surface area contributed by atoms with Crippen molar-refractivity contribution in [2.75, 3.05) is 39.2 Å². The molecule has 2 aromatic rings. The fourth-order valence-corrected chi connectivity index (χ4v) is 3.97. The van der Waals surface area contributed by atoms with Crippen LogP contribution in [0.5, 0.6) is 5.88 Å². The SMILES string of the molecule is CCO[C@H]1CN(C(=O)OC)CC1Nc1c(C)nc(-c2ccc(OC)nc2C)n(CC)c1=O.